The van der Waals surface area contributed by atoms with Gasteiger partial charge in [0, 0.05) is 11.8 Å². The van der Waals surface area contributed by atoms with Gasteiger partial charge in [0.2, 0.25) is 0 Å². The lowest BCUT2D eigenvalue weighted by Gasteiger charge is -2.60. The monoisotopic (exact) mass is 607 g/mol. The first-order valence-corrected chi connectivity index (χ1v) is 17.6. The molecule has 5 aliphatic rings. The lowest BCUT2D eigenvalue weighted by Crippen LogP contribution is -2.63. The molecule has 224 valence electrons. The van der Waals surface area contributed by atoms with E-state index in [9.17, 15) is 19.5 Å². The molecule has 0 bridgehead atoms. The Labute approximate surface area is 256 Å². The zero-order valence-electron chi connectivity index (χ0n) is 24.6. The van der Waals surface area contributed by atoms with E-state index in [1.807, 2.05) is 30.3 Å². The molecule has 1 heterocycles. The fourth-order valence-electron chi connectivity index (χ4n) is 9.93. The summed E-state index contributed by atoms with van der Waals surface area (Å²) in [5.74, 6) is 0.438. The Morgan fingerprint density at radius 1 is 1.10 bits per heavy atom. The number of rotatable bonds is 6. The van der Waals surface area contributed by atoms with Crippen LogP contribution in [0, 0.1) is 34.5 Å². The number of thioether (sulfide) groups is 1. The van der Waals surface area contributed by atoms with Crippen molar-refractivity contribution in [1.82, 2.24) is 4.98 Å². The van der Waals surface area contributed by atoms with Crippen LogP contribution >= 0.6 is 23.1 Å². The van der Waals surface area contributed by atoms with Gasteiger partial charge >= 0.3 is 5.97 Å². The molecule has 4 fully saturated rings. The molecule has 7 atom stereocenters. The molecule has 1 N–H and O–H groups in total. The van der Waals surface area contributed by atoms with Crippen LogP contribution in [0.15, 0.2) is 40.3 Å². The molecule has 42 heavy (non-hydrogen) atoms. The lowest BCUT2D eigenvalue weighted by atomic mass is 9.45. The number of hydrogen-bond donors (Lipinski definition) is 1. The molecule has 1 aromatic heterocycles. The largest absolute Gasteiger partial charge is 0.450 e. The number of carbonyl (C=O) groups excluding carboxylic acids is 3. The highest BCUT2D eigenvalue weighted by Crippen LogP contribution is 2.68. The number of benzene rings is 1. The predicted molar refractivity (Wildman–Crippen MR) is 164 cm³/mol. The van der Waals surface area contributed by atoms with Crippen LogP contribution in [0.3, 0.4) is 0 Å². The number of esters is 1. The molecule has 6 nitrogen and oxygen atoms in total. The average Bonchev–Trinajstić information content (AvgIpc) is 3.70. The second-order valence-electron chi connectivity index (χ2n) is 14.0. The minimum Gasteiger partial charge on any atom is -0.450 e. The van der Waals surface area contributed by atoms with E-state index in [4.69, 9.17) is 9.72 Å². The third-order valence-corrected chi connectivity index (χ3v) is 14.2. The molecule has 0 radical (unpaired) electrons. The maximum Gasteiger partial charge on any atom is 0.309 e. The normalized spacial score (nSPS) is 38.1. The number of thiazole rings is 1. The van der Waals surface area contributed by atoms with E-state index in [0.717, 1.165) is 65.9 Å². The van der Waals surface area contributed by atoms with Crippen molar-refractivity contribution >= 4 is 50.9 Å². The van der Waals surface area contributed by atoms with Crippen molar-refractivity contribution in [3.63, 3.8) is 0 Å². The second-order valence-corrected chi connectivity index (χ2v) is 16.3. The third-order valence-electron chi connectivity index (χ3n) is 12.0. The number of hydrogen-bond acceptors (Lipinski definition) is 8. The van der Waals surface area contributed by atoms with Crippen LogP contribution in [0.5, 0.6) is 0 Å². The Bertz CT molecular complexity index is 1430. The van der Waals surface area contributed by atoms with Crippen molar-refractivity contribution < 1.29 is 24.2 Å². The smallest absolute Gasteiger partial charge is 0.309 e. The van der Waals surface area contributed by atoms with Gasteiger partial charge in [0.1, 0.15) is 0 Å². The highest BCUT2D eigenvalue weighted by molar-refractivity contribution is 8.01. The molecule has 0 saturated heterocycles. The maximum atomic E-state index is 14.5. The highest BCUT2D eigenvalue weighted by atomic mass is 32.2. The fourth-order valence-corrected chi connectivity index (χ4v) is 12.0. The minimum absolute atomic E-state index is 0.0420. The van der Waals surface area contributed by atoms with Gasteiger partial charge in [0.15, 0.2) is 21.5 Å². The molecular formula is C34H41NO5S2. The van der Waals surface area contributed by atoms with Gasteiger partial charge in [0.05, 0.1) is 28.0 Å². The van der Waals surface area contributed by atoms with Crippen LogP contribution in [0.25, 0.3) is 10.2 Å². The first kappa shape index (κ1) is 28.7. The number of aliphatic hydroxyl groups excluding tert-OH is 1. The van der Waals surface area contributed by atoms with Crippen LogP contribution in [0.1, 0.15) is 84.5 Å². The Hall–Kier alpha value is -2.03. The molecule has 1 aromatic carbocycles. The van der Waals surface area contributed by atoms with E-state index in [-0.39, 0.29) is 52.4 Å². The number of allylic oxidation sites excluding steroid dienone is 1. The summed E-state index contributed by atoms with van der Waals surface area (Å²) < 4.78 is 8.49. The number of aromatic nitrogens is 1. The van der Waals surface area contributed by atoms with Gasteiger partial charge in [-0.05, 0) is 92.7 Å². The second kappa shape index (κ2) is 10.6. The average molecular weight is 608 g/mol. The van der Waals surface area contributed by atoms with Gasteiger partial charge in [-0.2, -0.15) is 0 Å². The zero-order valence-corrected chi connectivity index (χ0v) is 26.2. The number of para-hydroxylation sites is 1. The van der Waals surface area contributed by atoms with Crippen LogP contribution in [0.4, 0.5) is 0 Å². The summed E-state index contributed by atoms with van der Waals surface area (Å²) in [5.41, 5.74) is 0.0400. The molecular weight excluding hydrogens is 567 g/mol. The van der Waals surface area contributed by atoms with Gasteiger partial charge in [-0.3, -0.25) is 14.4 Å². The van der Waals surface area contributed by atoms with Gasteiger partial charge in [-0.25, -0.2) is 4.98 Å². The number of Topliss-reactive ketones (excluding diaryl/α,β-unsaturated/α-hetero) is 1. The molecule has 7 rings (SSSR count). The molecule has 6 unspecified atom stereocenters. The van der Waals surface area contributed by atoms with E-state index in [2.05, 4.69) is 13.8 Å². The maximum absolute atomic E-state index is 14.5. The summed E-state index contributed by atoms with van der Waals surface area (Å²) in [6.45, 7) is 4.38. The summed E-state index contributed by atoms with van der Waals surface area (Å²) in [6, 6.07) is 7.99. The summed E-state index contributed by atoms with van der Waals surface area (Å²) in [4.78, 5) is 45.2. The van der Waals surface area contributed by atoms with E-state index < -0.39 is 17.1 Å². The van der Waals surface area contributed by atoms with Gasteiger partial charge in [-0.1, -0.05) is 56.2 Å². The molecule has 0 amide bonds. The van der Waals surface area contributed by atoms with Crippen LogP contribution in [-0.2, 0) is 19.1 Å². The van der Waals surface area contributed by atoms with Crippen LogP contribution < -0.4 is 0 Å². The van der Waals surface area contributed by atoms with Crippen molar-refractivity contribution in [3.8, 4) is 0 Å². The van der Waals surface area contributed by atoms with Gasteiger partial charge in [0.25, 0.3) is 0 Å². The first-order valence-electron chi connectivity index (χ1n) is 15.8. The third kappa shape index (κ3) is 4.37. The highest BCUT2D eigenvalue weighted by Gasteiger charge is 2.70. The van der Waals surface area contributed by atoms with Crippen molar-refractivity contribution in [2.75, 3.05) is 5.75 Å². The van der Waals surface area contributed by atoms with Crippen molar-refractivity contribution in [2.24, 2.45) is 34.5 Å². The van der Waals surface area contributed by atoms with E-state index in [1.165, 1.54) is 17.3 Å². The summed E-state index contributed by atoms with van der Waals surface area (Å²) in [6.07, 6.45) is 9.75. The minimum atomic E-state index is -1.24. The Kier molecular flexibility index (Phi) is 7.22. The zero-order chi connectivity index (χ0) is 29.3. The number of nitrogens with zero attached hydrogens (tertiary/aromatic N) is 1. The lowest BCUT2D eigenvalue weighted by molar-refractivity contribution is -0.202. The van der Waals surface area contributed by atoms with E-state index in [1.54, 1.807) is 11.3 Å². The Balaban J connectivity index is 1.21. The standard InChI is InChI=1S/C34H41NO5S2/c1-32-15-13-22(36)17-21(32)11-12-23-24-14-16-34(33(24,2)18-26(37)29(23)32,40-30(39)20-7-3-4-8-20)28(38)19-41-31-35-25-9-5-6-10-27(25)42-31/h5-6,9-10,17,20,23-24,26,29,37H,3-4,7-8,11-16,18-19H2,1-2H3/t23?,24?,26?,29?,32?,33?,34-/m0/s1. The summed E-state index contributed by atoms with van der Waals surface area (Å²) >= 11 is 3.02. The number of fused-ring (bicyclic) bond motifs is 6. The summed E-state index contributed by atoms with van der Waals surface area (Å²) in [5, 5.41) is 12.0. The quantitative estimate of drug-likeness (QED) is 0.281. The number of carbonyl (C=O) groups is 3. The number of aliphatic hydroxyl groups is 1. The molecule has 5 aliphatic carbocycles. The van der Waals surface area contributed by atoms with Crippen molar-refractivity contribution in [1.29, 1.82) is 0 Å². The Morgan fingerprint density at radius 2 is 1.88 bits per heavy atom. The van der Waals surface area contributed by atoms with Crippen LogP contribution in [0.2, 0.25) is 0 Å². The van der Waals surface area contributed by atoms with Crippen LogP contribution in [-0.4, -0.2) is 45.1 Å². The number of ketones is 2. The Morgan fingerprint density at radius 3 is 2.67 bits per heavy atom. The summed E-state index contributed by atoms with van der Waals surface area (Å²) in [7, 11) is 0. The predicted octanol–water partition coefficient (Wildman–Crippen LogP) is 6.93. The number of ether oxygens (including phenoxy) is 1. The molecule has 8 heteroatoms. The van der Waals surface area contributed by atoms with Crippen molar-refractivity contribution in [3.05, 3.63) is 35.9 Å². The molecule has 2 aromatic rings. The molecule has 0 spiro atoms. The SMILES string of the molecule is CC12CCC(=O)C=C1CCC1C2C(O)CC2(C)C1CC[C@]2(OC(=O)C1CCCC1)C(=O)CSc1nc2ccccc2s1. The van der Waals surface area contributed by atoms with E-state index >= 15 is 0 Å². The van der Waals surface area contributed by atoms with Gasteiger partial charge < -0.3 is 9.84 Å². The first-order chi connectivity index (χ1) is 20.1. The molecule has 4 saturated carbocycles. The van der Waals surface area contributed by atoms with E-state index in [0.29, 0.717) is 19.3 Å². The molecule has 0 aliphatic heterocycles. The van der Waals surface area contributed by atoms with Gasteiger partial charge in [-0.15, -0.1) is 11.3 Å². The topological polar surface area (TPSA) is 93.6 Å². The fraction of sp³-hybridized carbons (Fsp3) is 0.647. The van der Waals surface area contributed by atoms with Crippen molar-refractivity contribution in [2.45, 2.75) is 101 Å².